The van der Waals surface area contributed by atoms with Crippen molar-refractivity contribution in [1.29, 1.82) is 0 Å². The van der Waals surface area contributed by atoms with Gasteiger partial charge in [0.05, 0.1) is 103 Å². The van der Waals surface area contributed by atoms with Crippen molar-refractivity contribution in [2.24, 2.45) is 17.8 Å². The van der Waals surface area contributed by atoms with Gasteiger partial charge in [-0.3, -0.25) is 14.4 Å². The molecule has 416 valence electrons. The van der Waals surface area contributed by atoms with Crippen LogP contribution in [0.15, 0.2) is 0 Å². The Kier molecular flexibility index (Phi) is 29.7. The summed E-state index contributed by atoms with van der Waals surface area (Å²) in [7, 11) is 0. The monoisotopic (exact) mass is 1030 g/mol. The van der Waals surface area contributed by atoms with Gasteiger partial charge in [0.1, 0.15) is 36.6 Å². The summed E-state index contributed by atoms with van der Waals surface area (Å²) in [6, 6.07) is -0.0908. The predicted octanol–water partition coefficient (Wildman–Crippen LogP) is -4.26. The standard InChI is InChI=1S/C46H86N4O21/c1-27(2)50-46(24-63-18-9-34(54)47-12-6-15-66-43-28(3)37(57)40(60)31(21-51)69-43,25-64-19-10-35(55)48-13-7-16-67-44-29(4)38(58)41(61)32(22-52)70-44)26-65-20-11-36(56)49-14-8-17-68-45-30(5)39(59)42(62)33(23-53)71-45/h27-33,37-45,50-53,57-62H,6-26H2,1-5H3,(H,47,54)(H,48,55)(H,49,56)/t28?,29?,30?,31?,32?,33?,37-,38-,39-,40+,41+,42+,43-,44-,45-,46?/m1/s1. The molecule has 13 N–H and O–H groups in total. The van der Waals surface area contributed by atoms with Crippen LogP contribution >= 0.6 is 0 Å². The number of aliphatic hydroxyl groups is 9. The van der Waals surface area contributed by atoms with Gasteiger partial charge in [0, 0.05) is 62.7 Å². The molecule has 3 aliphatic rings. The van der Waals surface area contributed by atoms with Gasteiger partial charge in [-0.1, -0.05) is 34.6 Å². The van der Waals surface area contributed by atoms with E-state index in [2.05, 4.69) is 21.3 Å². The summed E-state index contributed by atoms with van der Waals surface area (Å²) < 4.78 is 51.9. The number of amides is 3. The van der Waals surface area contributed by atoms with Gasteiger partial charge < -0.3 is 110 Å². The maximum absolute atomic E-state index is 12.7. The highest BCUT2D eigenvalue weighted by molar-refractivity contribution is 5.76. The number of carbonyl (C=O) groups is 3. The van der Waals surface area contributed by atoms with Crippen molar-refractivity contribution >= 4 is 17.7 Å². The minimum absolute atomic E-state index is 0.0315. The molecule has 0 bridgehead atoms. The first-order chi connectivity index (χ1) is 33.9. The van der Waals surface area contributed by atoms with Crippen LogP contribution in [-0.2, 0) is 57.0 Å². The summed E-state index contributed by atoms with van der Waals surface area (Å²) in [5.74, 6) is -2.42. The Hall–Kier alpha value is -2.35. The molecule has 0 aromatic heterocycles. The fraction of sp³-hybridized carbons (Fsp3) is 0.935. The molecule has 0 aromatic carbocycles. The maximum atomic E-state index is 12.7. The Bertz CT molecular complexity index is 1330. The van der Waals surface area contributed by atoms with E-state index in [0.29, 0.717) is 19.3 Å². The second-order valence-electron chi connectivity index (χ2n) is 18.9. The number of hydrogen-bond acceptors (Lipinski definition) is 22. The third-order valence-electron chi connectivity index (χ3n) is 12.5. The van der Waals surface area contributed by atoms with Crippen LogP contribution in [0.2, 0.25) is 0 Å². The molecular formula is C46H86N4O21. The molecular weight excluding hydrogens is 945 g/mol. The van der Waals surface area contributed by atoms with Gasteiger partial charge in [-0.15, -0.1) is 0 Å². The van der Waals surface area contributed by atoms with Gasteiger partial charge >= 0.3 is 0 Å². The summed E-state index contributed by atoms with van der Waals surface area (Å²) in [6.45, 7) is 9.08. The molecule has 3 aliphatic heterocycles. The summed E-state index contributed by atoms with van der Waals surface area (Å²) in [5, 5.41) is 101. The fourth-order valence-electron chi connectivity index (χ4n) is 8.16. The zero-order valence-corrected chi connectivity index (χ0v) is 42.0. The number of nitrogens with one attached hydrogen (secondary N) is 4. The predicted molar refractivity (Wildman–Crippen MR) is 249 cm³/mol. The second-order valence-corrected chi connectivity index (χ2v) is 18.9. The summed E-state index contributed by atoms with van der Waals surface area (Å²) >= 11 is 0. The molecule has 3 fully saturated rings. The molecule has 3 rings (SSSR count). The quantitative estimate of drug-likeness (QED) is 0.0267. The molecule has 3 amide bonds. The van der Waals surface area contributed by atoms with Crippen LogP contribution < -0.4 is 21.3 Å². The highest BCUT2D eigenvalue weighted by Crippen LogP contribution is 2.29. The number of aliphatic hydroxyl groups excluding tert-OH is 9. The number of rotatable bonds is 35. The van der Waals surface area contributed by atoms with Gasteiger partial charge in [-0.2, -0.15) is 0 Å². The third kappa shape index (κ3) is 21.4. The molecule has 0 aromatic rings. The van der Waals surface area contributed by atoms with Crippen molar-refractivity contribution in [3.05, 3.63) is 0 Å². The molecule has 0 saturated carbocycles. The van der Waals surface area contributed by atoms with Crippen molar-refractivity contribution < 1.29 is 103 Å². The smallest absolute Gasteiger partial charge is 0.222 e. The van der Waals surface area contributed by atoms with E-state index in [1.54, 1.807) is 20.8 Å². The number of carbonyl (C=O) groups excluding carboxylic acids is 3. The lowest BCUT2D eigenvalue weighted by molar-refractivity contribution is -0.282. The van der Waals surface area contributed by atoms with E-state index in [0.717, 1.165) is 0 Å². The average molecular weight is 1030 g/mol. The van der Waals surface area contributed by atoms with Crippen LogP contribution in [0.3, 0.4) is 0 Å². The van der Waals surface area contributed by atoms with Gasteiger partial charge in [0.15, 0.2) is 18.9 Å². The van der Waals surface area contributed by atoms with Gasteiger partial charge in [0.25, 0.3) is 0 Å². The Morgan fingerprint density at radius 2 is 0.761 bits per heavy atom. The van der Waals surface area contributed by atoms with E-state index in [1.165, 1.54) is 0 Å². The lowest BCUT2D eigenvalue weighted by Crippen LogP contribution is -2.59. The van der Waals surface area contributed by atoms with Crippen LogP contribution in [-0.4, -0.2) is 248 Å². The summed E-state index contributed by atoms with van der Waals surface area (Å²) in [5.41, 5.74) is -0.964. The minimum atomic E-state index is -1.23. The van der Waals surface area contributed by atoms with Crippen molar-refractivity contribution in [3.63, 3.8) is 0 Å². The average Bonchev–Trinajstić information content (AvgIpc) is 3.34. The largest absolute Gasteiger partial charge is 0.394 e. The van der Waals surface area contributed by atoms with E-state index in [-0.39, 0.29) is 122 Å². The van der Waals surface area contributed by atoms with Crippen molar-refractivity contribution in [2.75, 3.05) is 98.9 Å². The van der Waals surface area contributed by atoms with Crippen LogP contribution in [0, 0.1) is 17.8 Å². The fourth-order valence-corrected chi connectivity index (χ4v) is 8.16. The minimum Gasteiger partial charge on any atom is -0.394 e. The van der Waals surface area contributed by atoms with Gasteiger partial charge in [-0.25, -0.2) is 0 Å². The van der Waals surface area contributed by atoms with E-state index >= 15 is 0 Å². The Morgan fingerprint density at radius 1 is 0.479 bits per heavy atom. The van der Waals surface area contributed by atoms with Crippen LogP contribution in [0.25, 0.3) is 0 Å². The first kappa shape index (κ1) is 62.9. The number of hydrogen-bond donors (Lipinski definition) is 13. The van der Waals surface area contributed by atoms with E-state index in [9.17, 15) is 60.3 Å². The Labute approximate surface area is 416 Å². The van der Waals surface area contributed by atoms with Crippen LogP contribution in [0.4, 0.5) is 0 Å². The molecule has 25 heteroatoms. The Balaban J connectivity index is 1.44. The van der Waals surface area contributed by atoms with Crippen LogP contribution in [0.5, 0.6) is 0 Å². The normalized spacial score (nSPS) is 32.1. The van der Waals surface area contributed by atoms with E-state index in [1.807, 2.05) is 13.8 Å². The lowest BCUT2D eigenvalue weighted by atomic mass is 9.92. The molecule has 3 heterocycles. The topological polar surface area (TPSA) is 364 Å². The molecule has 3 saturated heterocycles. The van der Waals surface area contributed by atoms with E-state index in [4.69, 9.17) is 42.6 Å². The first-order valence-electron chi connectivity index (χ1n) is 24.9. The third-order valence-corrected chi connectivity index (χ3v) is 12.5. The number of ether oxygens (including phenoxy) is 9. The highest BCUT2D eigenvalue weighted by atomic mass is 16.7. The van der Waals surface area contributed by atoms with E-state index < -0.39 is 117 Å². The SMILES string of the molecule is CC(C)NC(COCCC(=O)NCCCO[C@@H]1OC(CO)[C@H](O)[C@H](O)C1C)(COCCC(=O)NCCCO[C@@H]1OC(CO)[C@H](O)[C@H](O)C1C)COCCC(=O)NCCCO[C@@H]1OC(CO)[C@H](O)[C@H](O)C1C. The van der Waals surface area contributed by atoms with Crippen molar-refractivity contribution in [2.45, 2.75) is 159 Å². The molecule has 0 spiro atoms. The zero-order valence-electron chi connectivity index (χ0n) is 42.0. The maximum Gasteiger partial charge on any atom is 0.222 e. The van der Waals surface area contributed by atoms with Gasteiger partial charge in [0.2, 0.25) is 17.7 Å². The van der Waals surface area contributed by atoms with Crippen molar-refractivity contribution in [1.82, 2.24) is 21.3 Å². The van der Waals surface area contributed by atoms with Crippen molar-refractivity contribution in [3.8, 4) is 0 Å². The molecule has 6 unspecified atom stereocenters. The molecule has 15 atom stereocenters. The lowest BCUT2D eigenvalue weighted by Gasteiger charge is -2.40. The highest BCUT2D eigenvalue weighted by Gasteiger charge is 2.44. The second kappa shape index (κ2) is 33.5. The summed E-state index contributed by atoms with van der Waals surface area (Å²) in [6.07, 6.45) is -11.1. The molecule has 25 nitrogen and oxygen atoms in total. The first-order valence-corrected chi connectivity index (χ1v) is 24.9. The van der Waals surface area contributed by atoms with Crippen LogP contribution in [0.1, 0.15) is 73.1 Å². The Morgan fingerprint density at radius 3 is 1.01 bits per heavy atom. The zero-order chi connectivity index (χ0) is 52.5. The van der Waals surface area contributed by atoms with Gasteiger partial charge in [-0.05, 0) is 19.3 Å². The summed E-state index contributed by atoms with van der Waals surface area (Å²) in [4.78, 5) is 38.1. The molecule has 0 aliphatic carbocycles. The molecule has 0 radical (unpaired) electrons. The molecule has 71 heavy (non-hydrogen) atoms.